The predicted octanol–water partition coefficient (Wildman–Crippen LogP) is 3.24. The van der Waals surface area contributed by atoms with Crippen LogP contribution < -0.4 is 14.8 Å². The van der Waals surface area contributed by atoms with Gasteiger partial charge in [-0.3, -0.25) is 9.69 Å². The van der Waals surface area contributed by atoms with Crippen molar-refractivity contribution in [2.24, 2.45) is 0 Å². The molecule has 0 aliphatic carbocycles. The van der Waals surface area contributed by atoms with E-state index < -0.39 is 6.61 Å². The maximum absolute atomic E-state index is 12.4. The van der Waals surface area contributed by atoms with Crippen molar-refractivity contribution in [3.05, 3.63) is 53.6 Å². The van der Waals surface area contributed by atoms with Crippen molar-refractivity contribution < 1.29 is 23.0 Å². The minimum absolute atomic E-state index is 0.0472. The van der Waals surface area contributed by atoms with Gasteiger partial charge in [-0.2, -0.15) is 14.0 Å². The number of nitrogens with one attached hydrogen (secondary N) is 1. The Labute approximate surface area is 155 Å². The van der Waals surface area contributed by atoms with E-state index >= 15 is 0 Å². The van der Waals surface area contributed by atoms with E-state index in [1.54, 1.807) is 48.3 Å². The molecule has 6 nitrogen and oxygen atoms in total. The minimum atomic E-state index is -2.93. The van der Waals surface area contributed by atoms with Gasteiger partial charge in [-0.1, -0.05) is 12.1 Å². The van der Waals surface area contributed by atoms with Crippen molar-refractivity contribution in [3.8, 4) is 17.6 Å². The predicted molar refractivity (Wildman–Crippen MR) is 95.7 cm³/mol. The number of carbonyl (C=O) groups excluding carboxylic acids is 1. The quantitative estimate of drug-likeness (QED) is 0.767. The summed E-state index contributed by atoms with van der Waals surface area (Å²) in [6, 6.07) is 13.3. The average molecular weight is 375 g/mol. The second kappa shape index (κ2) is 9.50. The van der Waals surface area contributed by atoms with Crippen LogP contribution in [0.25, 0.3) is 0 Å². The number of rotatable bonds is 8. The van der Waals surface area contributed by atoms with Gasteiger partial charge in [-0.15, -0.1) is 0 Å². The number of carbonyl (C=O) groups is 1. The van der Waals surface area contributed by atoms with Gasteiger partial charge in [0.2, 0.25) is 5.91 Å². The van der Waals surface area contributed by atoms with Crippen LogP contribution in [0.2, 0.25) is 0 Å². The molecule has 8 heteroatoms. The number of anilines is 1. The van der Waals surface area contributed by atoms with Crippen LogP contribution in [0, 0.1) is 11.3 Å². The molecular weight excluding hydrogens is 356 g/mol. The molecule has 0 saturated heterocycles. The molecule has 0 unspecified atom stereocenters. The zero-order valence-corrected chi connectivity index (χ0v) is 14.9. The van der Waals surface area contributed by atoms with E-state index in [0.29, 0.717) is 17.8 Å². The summed E-state index contributed by atoms with van der Waals surface area (Å²) in [6.45, 7) is -2.43. The van der Waals surface area contributed by atoms with Gasteiger partial charge >= 0.3 is 6.61 Å². The van der Waals surface area contributed by atoms with Gasteiger partial charge in [-0.25, -0.2) is 0 Å². The summed E-state index contributed by atoms with van der Waals surface area (Å²) in [6.07, 6.45) is 0. The number of hydrogen-bond donors (Lipinski definition) is 1. The molecule has 2 rings (SSSR count). The molecule has 0 saturated carbocycles. The molecule has 0 spiro atoms. The highest BCUT2D eigenvalue weighted by Crippen LogP contribution is 2.29. The zero-order valence-electron chi connectivity index (χ0n) is 14.9. The van der Waals surface area contributed by atoms with E-state index in [0.717, 1.165) is 5.56 Å². The Balaban J connectivity index is 1.95. The number of ether oxygens (including phenoxy) is 2. The van der Waals surface area contributed by atoms with Crippen LogP contribution in [0.5, 0.6) is 11.5 Å². The lowest BCUT2D eigenvalue weighted by molar-refractivity contribution is -0.117. The number of halogens is 2. The van der Waals surface area contributed by atoms with Crippen molar-refractivity contribution >= 4 is 11.6 Å². The SMILES string of the molecule is COc1cc(CN(C)CC(=O)Nc2cccc(C#N)c2)ccc1OC(F)F. The Morgan fingerprint density at radius 3 is 2.70 bits per heavy atom. The largest absolute Gasteiger partial charge is 0.493 e. The van der Waals surface area contributed by atoms with E-state index in [-0.39, 0.29) is 24.0 Å². The molecule has 2 aromatic rings. The number of nitriles is 1. The molecule has 1 N–H and O–H groups in total. The Hall–Kier alpha value is -3.18. The monoisotopic (exact) mass is 375 g/mol. The molecule has 0 atom stereocenters. The Morgan fingerprint density at radius 1 is 1.26 bits per heavy atom. The van der Waals surface area contributed by atoms with Crippen molar-refractivity contribution in [3.63, 3.8) is 0 Å². The summed E-state index contributed by atoms with van der Waals surface area (Å²) >= 11 is 0. The van der Waals surface area contributed by atoms with Crippen LogP contribution in [0.1, 0.15) is 11.1 Å². The molecular formula is C19H19F2N3O3. The summed E-state index contributed by atoms with van der Waals surface area (Å²) in [5.74, 6) is -0.0924. The van der Waals surface area contributed by atoms with Crippen LogP contribution in [0.4, 0.5) is 14.5 Å². The fourth-order valence-corrected chi connectivity index (χ4v) is 2.48. The number of hydrogen-bond acceptors (Lipinski definition) is 5. The number of benzene rings is 2. The second-order valence-electron chi connectivity index (χ2n) is 5.78. The van der Waals surface area contributed by atoms with Crippen LogP contribution in [0.3, 0.4) is 0 Å². The molecule has 0 heterocycles. The zero-order chi connectivity index (χ0) is 19.8. The molecule has 27 heavy (non-hydrogen) atoms. The summed E-state index contributed by atoms with van der Waals surface area (Å²) in [5.41, 5.74) is 1.78. The van der Waals surface area contributed by atoms with E-state index in [2.05, 4.69) is 10.1 Å². The van der Waals surface area contributed by atoms with Gasteiger partial charge in [0, 0.05) is 12.2 Å². The number of methoxy groups -OCH3 is 1. The summed E-state index contributed by atoms with van der Waals surface area (Å²) < 4.78 is 34.2. The fraction of sp³-hybridized carbons (Fsp3) is 0.263. The first-order chi connectivity index (χ1) is 12.9. The number of likely N-dealkylation sites (N-methyl/N-ethyl adjacent to an activating group) is 1. The molecule has 1 amide bonds. The van der Waals surface area contributed by atoms with Crippen molar-refractivity contribution in [2.45, 2.75) is 13.2 Å². The lowest BCUT2D eigenvalue weighted by Gasteiger charge is -2.18. The van der Waals surface area contributed by atoms with Crippen molar-refractivity contribution in [2.75, 3.05) is 26.0 Å². The van der Waals surface area contributed by atoms with Gasteiger partial charge in [-0.05, 0) is 42.9 Å². The number of alkyl halides is 2. The standard InChI is InChI=1S/C19H19F2N3O3/c1-24(12-18(25)23-15-5-3-4-13(8-15)10-22)11-14-6-7-16(27-19(20)21)17(9-14)26-2/h3-9,19H,11-12H2,1-2H3,(H,23,25). The van der Waals surface area contributed by atoms with E-state index in [4.69, 9.17) is 10.00 Å². The van der Waals surface area contributed by atoms with Gasteiger partial charge in [0.1, 0.15) is 0 Å². The fourth-order valence-electron chi connectivity index (χ4n) is 2.48. The maximum Gasteiger partial charge on any atom is 0.387 e. The lowest BCUT2D eigenvalue weighted by atomic mass is 10.2. The average Bonchev–Trinajstić information content (AvgIpc) is 2.62. The van der Waals surface area contributed by atoms with Crippen LogP contribution in [-0.4, -0.2) is 38.1 Å². The lowest BCUT2D eigenvalue weighted by Crippen LogP contribution is -2.29. The topological polar surface area (TPSA) is 74.6 Å². The minimum Gasteiger partial charge on any atom is -0.493 e. The molecule has 0 radical (unpaired) electrons. The Morgan fingerprint density at radius 2 is 2.04 bits per heavy atom. The van der Waals surface area contributed by atoms with Crippen molar-refractivity contribution in [1.29, 1.82) is 5.26 Å². The summed E-state index contributed by atoms with van der Waals surface area (Å²) in [7, 11) is 3.12. The molecule has 0 aromatic heterocycles. The molecule has 0 aliphatic heterocycles. The van der Waals surface area contributed by atoms with Gasteiger partial charge in [0.25, 0.3) is 0 Å². The molecule has 2 aromatic carbocycles. The van der Waals surface area contributed by atoms with E-state index in [9.17, 15) is 13.6 Å². The van der Waals surface area contributed by atoms with Crippen LogP contribution >= 0.6 is 0 Å². The van der Waals surface area contributed by atoms with Crippen LogP contribution in [0.15, 0.2) is 42.5 Å². The third-order valence-corrected chi connectivity index (χ3v) is 3.59. The number of amides is 1. The Kier molecular flexibility index (Phi) is 7.08. The van der Waals surface area contributed by atoms with Gasteiger partial charge in [0.15, 0.2) is 11.5 Å². The summed E-state index contributed by atoms with van der Waals surface area (Å²) in [5, 5.41) is 11.6. The number of nitrogens with zero attached hydrogens (tertiary/aromatic N) is 2. The highest BCUT2D eigenvalue weighted by atomic mass is 19.3. The van der Waals surface area contributed by atoms with Crippen molar-refractivity contribution in [1.82, 2.24) is 4.90 Å². The van der Waals surface area contributed by atoms with Crippen LogP contribution in [-0.2, 0) is 11.3 Å². The first-order valence-corrected chi connectivity index (χ1v) is 8.01. The first-order valence-electron chi connectivity index (χ1n) is 8.01. The molecule has 0 aliphatic rings. The maximum atomic E-state index is 12.4. The first kappa shape index (κ1) is 20.1. The third-order valence-electron chi connectivity index (χ3n) is 3.59. The third kappa shape index (κ3) is 6.24. The normalized spacial score (nSPS) is 10.6. The van der Waals surface area contributed by atoms with Gasteiger partial charge in [0.05, 0.1) is 25.3 Å². The highest BCUT2D eigenvalue weighted by molar-refractivity contribution is 5.92. The Bertz CT molecular complexity index is 837. The second-order valence-corrected chi connectivity index (χ2v) is 5.78. The molecule has 0 bridgehead atoms. The molecule has 142 valence electrons. The highest BCUT2D eigenvalue weighted by Gasteiger charge is 2.13. The van der Waals surface area contributed by atoms with Gasteiger partial charge < -0.3 is 14.8 Å². The molecule has 0 fully saturated rings. The van der Waals surface area contributed by atoms with E-state index in [1.807, 2.05) is 6.07 Å². The van der Waals surface area contributed by atoms with E-state index in [1.165, 1.54) is 13.2 Å². The smallest absolute Gasteiger partial charge is 0.387 e. The summed E-state index contributed by atoms with van der Waals surface area (Å²) in [4.78, 5) is 13.9.